The first-order valence-corrected chi connectivity index (χ1v) is 10.8. The van der Waals surface area contributed by atoms with E-state index in [4.69, 9.17) is 17.3 Å². The van der Waals surface area contributed by atoms with Gasteiger partial charge in [0.05, 0.1) is 16.6 Å². The van der Waals surface area contributed by atoms with Gasteiger partial charge in [0.25, 0.3) is 5.91 Å². The maximum absolute atomic E-state index is 15.5. The van der Waals surface area contributed by atoms with Crippen LogP contribution in [-0.4, -0.2) is 51.2 Å². The number of fused-ring (bicyclic) bond motifs is 2. The summed E-state index contributed by atoms with van der Waals surface area (Å²) in [6.07, 6.45) is 7.48. The number of carbonyl (C=O) groups is 1. The van der Waals surface area contributed by atoms with Gasteiger partial charge in [-0.2, -0.15) is 5.10 Å². The predicted octanol–water partition coefficient (Wildman–Crippen LogP) is 3.51. The molecule has 3 heterocycles. The van der Waals surface area contributed by atoms with Gasteiger partial charge in [-0.25, -0.2) is 19.0 Å². The van der Waals surface area contributed by atoms with Crippen molar-refractivity contribution in [1.29, 1.82) is 0 Å². The second-order valence-corrected chi connectivity index (χ2v) is 9.08. The smallest absolute Gasteiger partial charge is 0.258 e. The van der Waals surface area contributed by atoms with Gasteiger partial charge in [-0.15, -0.1) is 0 Å². The third-order valence-corrected chi connectivity index (χ3v) is 7.01. The highest BCUT2D eigenvalue weighted by Crippen LogP contribution is 2.54. The lowest BCUT2D eigenvalue weighted by Crippen LogP contribution is -2.26. The normalized spacial score (nSPS) is 21.6. The van der Waals surface area contributed by atoms with E-state index >= 15 is 4.39 Å². The lowest BCUT2D eigenvalue weighted by atomic mass is 9.80. The van der Waals surface area contributed by atoms with Crippen LogP contribution in [0.25, 0.3) is 11.1 Å². The number of benzene rings is 1. The molecule has 1 aromatic carbocycles. The molecule has 3 N–H and O–H groups in total. The molecule has 1 aliphatic heterocycles. The molecule has 2 atom stereocenters. The standard InChI is InChI=1S/C22H23ClFN7O/c1-30(2)21(32)16-15(25)4-3-13(19(16)24)14-8-27-20-17(18(14)23)22(9-28-20)6-5-12(7-22)31-11-26-10-29-31/h3-4,8,10-12H,5-7,9,25H2,1-2H3,(H,27,28)/t12-,22-/m0/s1. The van der Waals surface area contributed by atoms with E-state index in [1.54, 1.807) is 32.7 Å². The van der Waals surface area contributed by atoms with Crippen LogP contribution in [0.1, 0.15) is 41.2 Å². The van der Waals surface area contributed by atoms with Crippen LogP contribution in [0, 0.1) is 5.82 Å². The number of rotatable bonds is 3. The Bertz CT molecular complexity index is 1210. The van der Waals surface area contributed by atoms with E-state index in [0.717, 1.165) is 30.6 Å². The van der Waals surface area contributed by atoms with Crippen LogP contribution in [0.5, 0.6) is 0 Å². The van der Waals surface area contributed by atoms with Crippen LogP contribution in [0.2, 0.25) is 5.02 Å². The molecule has 1 saturated carbocycles. The van der Waals surface area contributed by atoms with Gasteiger partial charge in [-0.1, -0.05) is 11.6 Å². The second-order valence-electron chi connectivity index (χ2n) is 8.71. The Morgan fingerprint density at radius 1 is 1.38 bits per heavy atom. The summed E-state index contributed by atoms with van der Waals surface area (Å²) < 4.78 is 17.4. The monoisotopic (exact) mass is 455 g/mol. The number of hydrogen-bond acceptors (Lipinski definition) is 6. The minimum absolute atomic E-state index is 0.0831. The number of amides is 1. The molecule has 0 unspecified atom stereocenters. The average Bonchev–Trinajstić information content (AvgIpc) is 3.50. The number of aromatic nitrogens is 4. The highest BCUT2D eigenvalue weighted by Gasteiger charge is 2.48. The lowest BCUT2D eigenvalue weighted by Gasteiger charge is -2.25. The lowest BCUT2D eigenvalue weighted by molar-refractivity contribution is 0.0824. The van der Waals surface area contributed by atoms with Gasteiger partial charge in [0, 0.05) is 54.6 Å². The zero-order valence-electron chi connectivity index (χ0n) is 17.8. The van der Waals surface area contributed by atoms with E-state index in [1.807, 2.05) is 4.68 Å². The summed E-state index contributed by atoms with van der Waals surface area (Å²) >= 11 is 6.93. The van der Waals surface area contributed by atoms with Gasteiger partial charge >= 0.3 is 0 Å². The summed E-state index contributed by atoms with van der Waals surface area (Å²) in [7, 11) is 3.11. The molecule has 32 heavy (non-hydrogen) atoms. The molecule has 8 nitrogen and oxygen atoms in total. The highest BCUT2D eigenvalue weighted by molar-refractivity contribution is 6.34. The molecule has 166 valence electrons. The summed E-state index contributed by atoms with van der Waals surface area (Å²) in [5.74, 6) is -0.477. The van der Waals surface area contributed by atoms with Gasteiger partial charge in [0.15, 0.2) is 0 Å². The summed E-state index contributed by atoms with van der Waals surface area (Å²) in [4.78, 5) is 22.4. The molecule has 0 bridgehead atoms. The molecule has 10 heteroatoms. The minimum atomic E-state index is -0.695. The summed E-state index contributed by atoms with van der Waals surface area (Å²) in [5.41, 5.74) is 7.18. The number of nitrogens with two attached hydrogens (primary N) is 1. The molecule has 2 aromatic heterocycles. The number of carbonyl (C=O) groups excluding carboxylic acids is 1. The second kappa shape index (κ2) is 7.44. The van der Waals surface area contributed by atoms with E-state index in [-0.39, 0.29) is 28.3 Å². The number of pyridine rings is 1. The van der Waals surface area contributed by atoms with Crippen molar-refractivity contribution in [2.24, 2.45) is 0 Å². The highest BCUT2D eigenvalue weighted by atomic mass is 35.5. The molecule has 1 fully saturated rings. The number of anilines is 2. The molecule has 1 spiro atoms. The van der Waals surface area contributed by atoms with Gasteiger partial charge in [-0.05, 0) is 31.4 Å². The summed E-state index contributed by atoms with van der Waals surface area (Å²) in [6, 6.07) is 3.29. The van der Waals surface area contributed by atoms with Gasteiger partial charge in [0.1, 0.15) is 24.3 Å². The van der Waals surface area contributed by atoms with E-state index in [9.17, 15) is 4.79 Å². The Hall–Kier alpha value is -3.20. The van der Waals surface area contributed by atoms with E-state index in [0.29, 0.717) is 17.1 Å². The largest absolute Gasteiger partial charge is 0.398 e. The summed E-state index contributed by atoms with van der Waals surface area (Å²) in [5, 5.41) is 8.12. The van der Waals surface area contributed by atoms with Crippen molar-refractivity contribution in [3.63, 3.8) is 0 Å². The van der Waals surface area contributed by atoms with Gasteiger partial charge in [-0.3, -0.25) is 4.79 Å². The van der Waals surface area contributed by atoms with Crippen molar-refractivity contribution in [1.82, 2.24) is 24.6 Å². The van der Waals surface area contributed by atoms with Crippen LogP contribution in [0.3, 0.4) is 0 Å². The first-order chi connectivity index (χ1) is 15.3. The van der Waals surface area contributed by atoms with E-state index in [2.05, 4.69) is 20.4 Å². The molecule has 5 rings (SSSR count). The number of halogens is 2. The number of nitrogens with zero attached hydrogens (tertiary/aromatic N) is 5. The van der Waals surface area contributed by atoms with Gasteiger partial charge < -0.3 is 16.0 Å². The molecular formula is C22H23ClFN7O. The minimum Gasteiger partial charge on any atom is -0.398 e. The first kappa shape index (κ1) is 20.7. The van der Waals surface area contributed by atoms with Crippen molar-refractivity contribution < 1.29 is 9.18 Å². The van der Waals surface area contributed by atoms with Crippen molar-refractivity contribution in [2.45, 2.75) is 30.7 Å². The molecule has 3 aromatic rings. The molecule has 0 saturated heterocycles. The third-order valence-electron chi connectivity index (χ3n) is 6.62. The first-order valence-electron chi connectivity index (χ1n) is 10.4. The predicted molar refractivity (Wildman–Crippen MR) is 120 cm³/mol. The third kappa shape index (κ3) is 3.02. The fraction of sp³-hybridized carbons (Fsp3) is 0.364. The molecule has 1 amide bonds. The van der Waals surface area contributed by atoms with Crippen LogP contribution in [0.4, 0.5) is 15.9 Å². The Kier molecular flexibility index (Phi) is 4.81. The van der Waals surface area contributed by atoms with Crippen molar-refractivity contribution >= 4 is 29.0 Å². The average molecular weight is 456 g/mol. The SMILES string of the molecule is CN(C)C(=O)c1c(N)ccc(-c2cnc3c(c2Cl)[C@]2(CC[C@H](n4cncn4)C2)CN3)c1F. The fourth-order valence-electron chi connectivity index (χ4n) is 4.99. The maximum Gasteiger partial charge on any atom is 0.258 e. The Labute approximate surface area is 189 Å². The molecule has 0 radical (unpaired) electrons. The topological polar surface area (TPSA) is 102 Å². The molecular weight excluding hydrogens is 433 g/mol. The Morgan fingerprint density at radius 2 is 2.19 bits per heavy atom. The van der Waals surface area contributed by atoms with Crippen molar-refractivity contribution in [3.05, 3.63) is 53.0 Å². The van der Waals surface area contributed by atoms with E-state index in [1.165, 1.54) is 17.3 Å². The number of nitrogen functional groups attached to an aromatic ring is 1. The number of hydrogen-bond donors (Lipinski definition) is 2. The van der Waals surface area contributed by atoms with Crippen LogP contribution < -0.4 is 11.1 Å². The Morgan fingerprint density at radius 3 is 2.91 bits per heavy atom. The van der Waals surface area contributed by atoms with Crippen molar-refractivity contribution in [3.8, 4) is 11.1 Å². The zero-order valence-corrected chi connectivity index (χ0v) is 18.5. The quantitative estimate of drug-likeness (QED) is 0.586. The van der Waals surface area contributed by atoms with E-state index < -0.39 is 11.7 Å². The van der Waals surface area contributed by atoms with Crippen LogP contribution >= 0.6 is 11.6 Å². The molecule has 1 aliphatic carbocycles. The van der Waals surface area contributed by atoms with Gasteiger partial charge in [0.2, 0.25) is 0 Å². The number of nitrogens with one attached hydrogen (secondary N) is 1. The van der Waals surface area contributed by atoms with Crippen molar-refractivity contribution in [2.75, 3.05) is 31.7 Å². The maximum atomic E-state index is 15.5. The molecule has 2 aliphatic rings. The van der Waals surface area contributed by atoms with Crippen LogP contribution in [-0.2, 0) is 5.41 Å². The zero-order chi connectivity index (χ0) is 22.6. The Balaban J connectivity index is 1.60. The summed E-state index contributed by atoms with van der Waals surface area (Å²) in [6.45, 7) is 0.707. The van der Waals surface area contributed by atoms with Crippen LogP contribution in [0.15, 0.2) is 31.0 Å². The fourth-order valence-corrected chi connectivity index (χ4v) is 5.43.